The molecule has 46 valence electrons. The lowest BCUT2D eigenvalue weighted by atomic mass is 10.4. The summed E-state index contributed by atoms with van der Waals surface area (Å²) in [6.07, 6.45) is 0. The summed E-state index contributed by atoms with van der Waals surface area (Å²) < 4.78 is 0. The molecular weight excluding hydrogens is 101 g/mol. The van der Waals surface area contributed by atoms with Crippen molar-refractivity contribution >= 4 is 7.98 Å². The fraction of sp³-hybridized carbons (Fsp3) is 0.500. The topological polar surface area (TPSA) is 50.1 Å². The molecule has 0 fully saturated rings. The SMILES string of the molecule is BNN/C(C)=C(/C)N. The predicted molar refractivity (Wildman–Crippen MR) is 37.4 cm³/mol. The van der Waals surface area contributed by atoms with Gasteiger partial charge in [0.1, 0.15) is 0 Å². The van der Waals surface area contributed by atoms with Crippen molar-refractivity contribution in [3.05, 3.63) is 11.4 Å². The second-order valence-electron chi connectivity index (χ2n) is 1.68. The van der Waals surface area contributed by atoms with Gasteiger partial charge in [-0.2, -0.15) is 0 Å². The van der Waals surface area contributed by atoms with E-state index in [1.807, 2.05) is 13.8 Å². The van der Waals surface area contributed by atoms with Gasteiger partial charge in [0.15, 0.2) is 0 Å². The molecule has 0 aromatic heterocycles. The Morgan fingerprint density at radius 1 is 1.50 bits per heavy atom. The van der Waals surface area contributed by atoms with Crippen LogP contribution in [0.25, 0.3) is 0 Å². The van der Waals surface area contributed by atoms with Gasteiger partial charge in [0.2, 0.25) is 7.98 Å². The maximum atomic E-state index is 5.40. The average molecular weight is 113 g/mol. The van der Waals surface area contributed by atoms with Crippen LogP contribution >= 0.6 is 0 Å². The van der Waals surface area contributed by atoms with Crippen molar-refractivity contribution in [1.82, 2.24) is 10.8 Å². The first-order chi connectivity index (χ1) is 3.68. The normalized spacial score (nSPS) is 12.8. The number of rotatable bonds is 2. The number of nitrogens with one attached hydrogen (secondary N) is 2. The molecule has 0 radical (unpaired) electrons. The summed E-state index contributed by atoms with van der Waals surface area (Å²) in [6, 6.07) is 0. The molecule has 4 N–H and O–H groups in total. The van der Waals surface area contributed by atoms with Gasteiger partial charge < -0.3 is 11.2 Å². The third kappa shape index (κ3) is 2.52. The first kappa shape index (κ1) is 7.36. The Labute approximate surface area is 50.7 Å². The van der Waals surface area contributed by atoms with Crippen molar-refractivity contribution in [3.63, 3.8) is 0 Å². The molecule has 0 aliphatic carbocycles. The minimum absolute atomic E-state index is 0.805. The van der Waals surface area contributed by atoms with Crippen LogP contribution in [0.4, 0.5) is 0 Å². The van der Waals surface area contributed by atoms with Crippen LogP contribution < -0.4 is 16.5 Å². The molecule has 0 amide bonds. The van der Waals surface area contributed by atoms with Gasteiger partial charge in [-0.15, -0.1) is 0 Å². The molecule has 0 aliphatic heterocycles. The molecule has 0 bridgehead atoms. The molecule has 0 aromatic rings. The van der Waals surface area contributed by atoms with Crippen molar-refractivity contribution in [3.8, 4) is 0 Å². The lowest BCUT2D eigenvalue weighted by Crippen LogP contribution is -2.28. The van der Waals surface area contributed by atoms with E-state index in [-0.39, 0.29) is 0 Å². The molecule has 0 aliphatic rings. The largest absolute Gasteiger partial charge is 0.401 e. The number of nitrogens with two attached hydrogens (primary N) is 1. The van der Waals surface area contributed by atoms with Crippen molar-refractivity contribution in [2.75, 3.05) is 0 Å². The Morgan fingerprint density at radius 3 is 2.12 bits per heavy atom. The maximum absolute atomic E-state index is 5.40. The van der Waals surface area contributed by atoms with Crippen LogP contribution in [0.3, 0.4) is 0 Å². The molecule has 0 aromatic carbocycles. The smallest absolute Gasteiger partial charge is 0.208 e. The highest BCUT2D eigenvalue weighted by molar-refractivity contribution is 6.03. The zero-order valence-electron chi connectivity index (χ0n) is 5.58. The first-order valence-electron chi connectivity index (χ1n) is 2.54. The summed E-state index contributed by atoms with van der Waals surface area (Å²) in [7, 11) is 1.80. The van der Waals surface area contributed by atoms with Crippen LogP contribution in [0.1, 0.15) is 13.8 Å². The van der Waals surface area contributed by atoms with Crippen LogP contribution in [0.2, 0.25) is 0 Å². The van der Waals surface area contributed by atoms with Gasteiger partial charge in [0.05, 0.1) is 0 Å². The van der Waals surface area contributed by atoms with Crippen LogP contribution in [-0.2, 0) is 0 Å². The Morgan fingerprint density at radius 2 is 2.00 bits per heavy atom. The van der Waals surface area contributed by atoms with Crippen molar-refractivity contribution in [2.24, 2.45) is 5.73 Å². The number of hydrazine groups is 1. The highest BCUT2D eigenvalue weighted by Gasteiger charge is 1.84. The van der Waals surface area contributed by atoms with Gasteiger partial charge in [-0.3, -0.25) is 5.34 Å². The maximum Gasteiger partial charge on any atom is 0.208 e. The van der Waals surface area contributed by atoms with Gasteiger partial charge in [0, 0.05) is 11.4 Å². The van der Waals surface area contributed by atoms with E-state index in [0.29, 0.717) is 0 Å². The van der Waals surface area contributed by atoms with Gasteiger partial charge in [-0.1, -0.05) is 0 Å². The van der Waals surface area contributed by atoms with E-state index in [0.717, 1.165) is 11.4 Å². The third-order valence-electron chi connectivity index (χ3n) is 0.904. The second-order valence-corrected chi connectivity index (χ2v) is 1.68. The lowest BCUT2D eigenvalue weighted by Gasteiger charge is -2.04. The molecule has 0 spiro atoms. The van der Waals surface area contributed by atoms with E-state index in [1.165, 1.54) is 0 Å². The quantitative estimate of drug-likeness (QED) is 0.312. The predicted octanol–water partition coefficient (Wildman–Crippen LogP) is -1.16. The average Bonchev–Trinajstić information content (AvgIpc) is 1.67. The van der Waals surface area contributed by atoms with Crippen LogP contribution in [0.15, 0.2) is 11.4 Å². The minimum atomic E-state index is 0.805. The molecule has 0 rings (SSSR count). The first-order valence-corrected chi connectivity index (χ1v) is 2.54. The zero-order valence-corrected chi connectivity index (χ0v) is 5.58. The highest BCUT2D eigenvalue weighted by atomic mass is 15.3. The monoisotopic (exact) mass is 113 g/mol. The number of hydrogen-bond acceptors (Lipinski definition) is 3. The van der Waals surface area contributed by atoms with Gasteiger partial charge in [0.25, 0.3) is 0 Å². The molecule has 0 saturated carbocycles. The van der Waals surface area contributed by atoms with Crippen molar-refractivity contribution in [1.29, 1.82) is 0 Å². The summed E-state index contributed by atoms with van der Waals surface area (Å²) in [5.41, 5.74) is 10.0. The molecule has 3 nitrogen and oxygen atoms in total. The van der Waals surface area contributed by atoms with Crippen LogP contribution in [-0.4, -0.2) is 7.98 Å². The van der Waals surface area contributed by atoms with E-state index < -0.39 is 0 Å². The minimum Gasteiger partial charge on any atom is -0.401 e. The Balaban J connectivity index is 3.62. The molecule has 0 unspecified atom stereocenters. The Kier molecular flexibility index (Phi) is 3.11. The molecular formula is C4H12BN3. The van der Waals surface area contributed by atoms with E-state index in [4.69, 9.17) is 5.73 Å². The fourth-order valence-corrected chi connectivity index (χ4v) is 0.286. The zero-order chi connectivity index (χ0) is 6.57. The molecule has 8 heavy (non-hydrogen) atoms. The molecule has 0 heterocycles. The molecule has 4 heteroatoms. The van der Waals surface area contributed by atoms with E-state index in [2.05, 4.69) is 10.8 Å². The summed E-state index contributed by atoms with van der Waals surface area (Å²) in [5, 5.41) is 2.76. The van der Waals surface area contributed by atoms with E-state index in [9.17, 15) is 0 Å². The Hall–Kier alpha value is -0.635. The fourth-order valence-electron chi connectivity index (χ4n) is 0.286. The summed E-state index contributed by atoms with van der Waals surface area (Å²) in [5.74, 6) is 0. The lowest BCUT2D eigenvalue weighted by molar-refractivity contribution is 0.782. The third-order valence-corrected chi connectivity index (χ3v) is 0.904. The highest BCUT2D eigenvalue weighted by Crippen LogP contribution is 1.86. The van der Waals surface area contributed by atoms with Crippen LogP contribution in [0, 0.1) is 0 Å². The number of allylic oxidation sites excluding steroid dienone is 2. The number of hydrogen-bond donors (Lipinski definition) is 3. The Bertz CT molecular complexity index is 95.5. The summed E-state index contributed by atoms with van der Waals surface area (Å²) >= 11 is 0. The second kappa shape index (κ2) is 3.38. The van der Waals surface area contributed by atoms with Gasteiger partial charge in [-0.25, -0.2) is 0 Å². The summed E-state index contributed by atoms with van der Waals surface area (Å²) in [4.78, 5) is 0. The molecule has 0 saturated heterocycles. The van der Waals surface area contributed by atoms with Crippen molar-refractivity contribution < 1.29 is 0 Å². The van der Waals surface area contributed by atoms with Gasteiger partial charge >= 0.3 is 0 Å². The van der Waals surface area contributed by atoms with E-state index >= 15 is 0 Å². The van der Waals surface area contributed by atoms with Crippen molar-refractivity contribution in [2.45, 2.75) is 13.8 Å². The molecule has 0 atom stereocenters. The summed E-state index contributed by atoms with van der Waals surface area (Å²) in [6.45, 7) is 3.76. The van der Waals surface area contributed by atoms with Gasteiger partial charge in [-0.05, 0) is 13.8 Å². The standard InChI is InChI=1S/C4H12BN3/c1-3(6)4(2)7-8-5/h7-8H,5-6H2,1-2H3/b4-3-. The van der Waals surface area contributed by atoms with Crippen LogP contribution in [0.5, 0.6) is 0 Å². The van der Waals surface area contributed by atoms with E-state index in [1.54, 1.807) is 7.98 Å².